The normalized spacial score (nSPS) is 29.1. The second kappa shape index (κ2) is 5.72. The highest BCUT2D eigenvalue weighted by atomic mass is 32.1. The van der Waals surface area contributed by atoms with Crippen LogP contribution in [0.25, 0.3) is 0 Å². The van der Waals surface area contributed by atoms with Crippen LogP contribution < -0.4 is 5.32 Å². The Bertz CT molecular complexity index is 492. The van der Waals surface area contributed by atoms with Gasteiger partial charge in [0.1, 0.15) is 5.92 Å². The summed E-state index contributed by atoms with van der Waals surface area (Å²) in [7, 11) is 0. The summed E-state index contributed by atoms with van der Waals surface area (Å²) in [6.45, 7) is 2.27. The molecule has 0 amide bonds. The maximum atomic E-state index is 11.2. The topological polar surface area (TPSA) is 62.2 Å². The van der Waals surface area contributed by atoms with E-state index in [2.05, 4.69) is 17.2 Å². The molecule has 0 spiro atoms. The fourth-order valence-electron chi connectivity index (χ4n) is 3.42. The summed E-state index contributed by atoms with van der Waals surface area (Å²) in [5, 5.41) is 13.7. The lowest BCUT2D eigenvalue weighted by molar-refractivity contribution is -0.138. The van der Waals surface area contributed by atoms with Crippen molar-refractivity contribution in [1.29, 1.82) is 0 Å². The molecule has 1 aromatic rings. The third-order valence-electron chi connectivity index (χ3n) is 4.77. The van der Waals surface area contributed by atoms with E-state index in [4.69, 9.17) is 0 Å². The van der Waals surface area contributed by atoms with Crippen LogP contribution in [-0.4, -0.2) is 22.1 Å². The third-order valence-corrected chi connectivity index (χ3v) is 5.83. The van der Waals surface area contributed by atoms with Gasteiger partial charge >= 0.3 is 5.97 Å². The molecule has 0 aromatic carbocycles. The maximum Gasteiger partial charge on any atom is 0.312 e. The molecule has 1 atom stereocenters. The number of hydrogen-bond acceptors (Lipinski definition) is 4. The molecule has 2 aliphatic rings. The summed E-state index contributed by atoms with van der Waals surface area (Å²) in [5.41, 5.74) is 0.812. The molecule has 0 saturated heterocycles. The largest absolute Gasteiger partial charge is 0.481 e. The van der Waals surface area contributed by atoms with Crippen LogP contribution in [0.1, 0.15) is 61.9 Å². The molecule has 1 heterocycles. The average Bonchev–Trinajstić information content (AvgIpc) is 2.98. The van der Waals surface area contributed by atoms with Crippen molar-refractivity contribution in [2.75, 3.05) is 5.32 Å². The Kier molecular flexibility index (Phi) is 3.96. The Hall–Kier alpha value is -1.10. The van der Waals surface area contributed by atoms with Crippen molar-refractivity contribution in [2.24, 2.45) is 5.92 Å². The molecular weight excluding hydrogens is 272 g/mol. The van der Waals surface area contributed by atoms with Gasteiger partial charge in [-0.25, -0.2) is 4.98 Å². The lowest BCUT2D eigenvalue weighted by Crippen LogP contribution is -2.25. The van der Waals surface area contributed by atoms with E-state index in [0.29, 0.717) is 12.5 Å². The van der Waals surface area contributed by atoms with E-state index >= 15 is 0 Å². The number of anilines is 1. The van der Waals surface area contributed by atoms with Gasteiger partial charge in [0.2, 0.25) is 0 Å². The van der Waals surface area contributed by atoms with Gasteiger partial charge in [0.05, 0.1) is 5.69 Å². The Labute approximate surface area is 123 Å². The maximum absolute atomic E-state index is 11.2. The smallest absolute Gasteiger partial charge is 0.312 e. The molecule has 1 aromatic heterocycles. The molecule has 1 unspecified atom stereocenters. The van der Waals surface area contributed by atoms with Gasteiger partial charge in [-0.1, -0.05) is 13.3 Å². The molecule has 110 valence electrons. The van der Waals surface area contributed by atoms with E-state index in [1.807, 2.05) is 0 Å². The predicted molar refractivity (Wildman–Crippen MR) is 80.5 cm³/mol. The number of nitrogens with one attached hydrogen (secondary N) is 1. The quantitative estimate of drug-likeness (QED) is 0.890. The highest BCUT2D eigenvalue weighted by Gasteiger charge is 2.32. The van der Waals surface area contributed by atoms with Gasteiger partial charge in [0.25, 0.3) is 0 Å². The Balaban J connectivity index is 1.62. The Morgan fingerprint density at radius 3 is 2.75 bits per heavy atom. The minimum atomic E-state index is -0.732. The molecular formula is C15H22N2O2S. The highest BCUT2D eigenvalue weighted by Crippen LogP contribution is 2.39. The van der Waals surface area contributed by atoms with Crippen molar-refractivity contribution in [3.63, 3.8) is 0 Å². The van der Waals surface area contributed by atoms with Gasteiger partial charge in [-0.05, 0) is 44.4 Å². The number of fused-ring (bicyclic) bond motifs is 1. The predicted octanol–water partition coefficient (Wildman–Crippen LogP) is 3.64. The number of aliphatic carboxylic acids is 1. The second-order valence-corrected chi connectivity index (χ2v) is 7.11. The van der Waals surface area contributed by atoms with Crippen LogP contribution in [0.2, 0.25) is 0 Å². The lowest BCUT2D eigenvalue weighted by atomic mass is 9.85. The first-order valence-corrected chi connectivity index (χ1v) is 8.48. The Morgan fingerprint density at radius 2 is 2.10 bits per heavy atom. The summed E-state index contributed by atoms with van der Waals surface area (Å²) < 4.78 is 0. The molecule has 2 aliphatic carbocycles. The van der Waals surface area contributed by atoms with Gasteiger partial charge in [0, 0.05) is 10.9 Å². The van der Waals surface area contributed by atoms with Crippen molar-refractivity contribution in [3.8, 4) is 0 Å². The van der Waals surface area contributed by atoms with Crippen molar-refractivity contribution < 1.29 is 9.90 Å². The molecule has 2 N–H and O–H groups in total. The zero-order valence-corrected chi connectivity index (χ0v) is 12.7. The standard InChI is InChI=1S/C15H22N2O2S/c1-2-9-3-5-10(6-4-9)16-15-17-13-11(14(18)19)7-8-12(13)20-15/h9-11H,2-8H2,1H3,(H,16,17)(H,18,19). The van der Waals surface area contributed by atoms with Crippen LogP contribution in [0.15, 0.2) is 0 Å². The summed E-state index contributed by atoms with van der Waals surface area (Å²) >= 11 is 1.66. The van der Waals surface area contributed by atoms with Crippen molar-refractivity contribution in [2.45, 2.75) is 63.8 Å². The van der Waals surface area contributed by atoms with Gasteiger partial charge in [-0.15, -0.1) is 11.3 Å². The van der Waals surface area contributed by atoms with Crippen LogP contribution >= 0.6 is 11.3 Å². The van der Waals surface area contributed by atoms with E-state index < -0.39 is 5.97 Å². The van der Waals surface area contributed by atoms with Crippen LogP contribution in [0.4, 0.5) is 5.13 Å². The molecule has 4 nitrogen and oxygen atoms in total. The van der Waals surface area contributed by atoms with Crippen molar-refractivity contribution in [3.05, 3.63) is 10.6 Å². The number of rotatable bonds is 4. The summed E-state index contributed by atoms with van der Waals surface area (Å²) in [6.07, 6.45) is 7.91. The van der Waals surface area contributed by atoms with Crippen molar-refractivity contribution in [1.82, 2.24) is 4.98 Å². The molecule has 1 fully saturated rings. The molecule has 0 aliphatic heterocycles. The van der Waals surface area contributed by atoms with Gasteiger partial charge in [-0.2, -0.15) is 0 Å². The zero-order valence-electron chi connectivity index (χ0n) is 11.9. The van der Waals surface area contributed by atoms with Gasteiger partial charge in [-0.3, -0.25) is 4.79 Å². The fourth-order valence-corrected chi connectivity index (χ4v) is 4.53. The molecule has 3 rings (SSSR count). The Morgan fingerprint density at radius 1 is 1.35 bits per heavy atom. The third kappa shape index (κ3) is 2.68. The van der Waals surface area contributed by atoms with E-state index in [1.165, 1.54) is 37.0 Å². The molecule has 1 saturated carbocycles. The fraction of sp³-hybridized carbons (Fsp3) is 0.733. The highest BCUT2D eigenvalue weighted by molar-refractivity contribution is 7.15. The van der Waals surface area contributed by atoms with E-state index in [1.54, 1.807) is 11.3 Å². The van der Waals surface area contributed by atoms with Gasteiger partial charge < -0.3 is 10.4 Å². The lowest BCUT2D eigenvalue weighted by Gasteiger charge is -2.28. The van der Waals surface area contributed by atoms with Crippen LogP contribution in [0.3, 0.4) is 0 Å². The number of carboxylic acid groups (broad SMARTS) is 1. The number of hydrogen-bond donors (Lipinski definition) is 2. The SMILES string of the molecule is CCC1CCC(Nc2nc3c(s2)CCC3C(=O)O)CC1. The average molecular weight is 294 g/mol. The second-order valence-electron chi connectivity index (χ2n) is 6.03. The number of aryl methyl sites for hydroxylation is 1. The van der Waals surface area contributed by atoms with Crippen LogP contribution in [-0.2, 0) is 11.2 Å². The summed E-state index contributed by atoms with van der Waals surface area (Å²) in [6, 6.07) is 0.521. The molecule has 20 heavy (non-hydrogen) atoms. The number of aromatic nitrogens is 1. The minimum absolute atomic E-state index is 0.382. The monoisotopic (exact) mass is 294 g/mol. The zero-order chi connectivity index (χ0) is 14.1. The van der Waals surface area contributed by atoms with E-state index in [-0.39, 0.29) is 5.92 Å². The first-order chi connectivity index (χ1) is 9.67. The molecule has 0 bridgehead atoms. The van der Waals surface area contributed by atoms with E-state index in [9.17, 15) is 9.90 Å². The minimum Gasteiger partial charge on any atom is -0.481 e. The first kappa shape index (κ1) is 13.9. The summed E-state index contributed by atoms with van der Waals surface area (Å²) in [5.74, 6) is -0.220. The van der Waals surface area contributed by atoms with Crippen LogP contribution in [0.5, 0.6) is 0 Å². The number of nitrogens with zero attached hydrogens (tertiary/aromatic N) is 1. The van der Waals surface area contributed by atoms with Crippen molar-refractivity contribution >= 4 is 22.4 Å². The molecule has 0 radical (unpaired) electrons. The first-order valence-electron chi connectivity index (χ1n) is 7.66. The van der Waals surface area contributed by atoms with Gasteiger partial charge in [0.15, 0.2) is 5.13 Å². The van der Waals surface area contributed by atoms with E-state index in [0.717, 1.165) is 23.2 Å². The van der Waals surface area contributed by atoms with Crippen LogP contribution in [0, 0.1) is 5.92 Å². The molecule has 5 heteroatoms. The number of thiazole rings is 1. The number of carboxylic acids is 1. The number of carbonyl (C=O) groups is 1. The summed E-state index contributed by atoms with van der Waals surface area (Å²) in [4.78, 5) is 16.9.